The van der Waals surface area contributed by atoms with Gasteiger partial charge in [0.05, 0.1) is 9.99 Å². The van der Waals surface area contributed by atoms with Gasteiger partial charge in [0, 0.05) is 16.8 Å². The summed E-state index contributed by atoms with van der Waals surface area (Å²) in [6.45, 7) is 0. The van der Waals surface area contributed by atoms with E-state index in [0.717, 1.165) is 16.6 Å². The van der Waals surface area contributed by atoms with Crippen molar-refractivity contribution in [1.82, 2.24) is 9.97 Å². The molecule has 0 spiro atoms. The monoisotopic (exact) mass is 332 g/mol. The van der Waals surface area contributed by atoms with Crippen LogP contribution in [0.4, 0.5) is 21.6 Å². The third kappa shape index (κ3) is 2.42. The summed E-state index contributed by atoms with van der Waals surface area (Å²) in [5.41, 5.74) is 7.94. The number of benzene rings is 2. The quantitative estimate of drug-likeness (QED) is 0.699. The van der Waals surface area contributed by atoms with Gasteiger partial charge in [-0.05, 0) is 52.3 Å². The average molecular weight is 333 g/mol. The summed E-state index contributed by atoms with van der Waals surface area (Å²) in [7, 11) is 0. The van der Waals surface area contributed by atoms with Crippen LogP contribution in [0.5, 0.6) is 0 Å². The molecule has 0 atom stereocenters. The number of nitrogens with zero attached hydrogens (tertiary/aromatic N) is 2. The highest BCUT2D eigenvalue weighted by Crippen LogP contribution is 2.27. The van der Waals surface area contributed by atoms with Crippen molar-refractivity contribution in [1.29, 1.82) is 0 Å². The van der Waals surface area contributed by atoms with Gasteiger partial charge in [-0.15, -0.1) is 0 Å². The first-order chi connectivity index (χ1) is 9.63. The number of halogens is 2. The van der Waals surface area contributed by atoms with E-state index in [0.29, 0.717) is 16.0 Å². The lowest BCUT2D eigenvalue weighted by atomic mass is 10.2. The normalized spacial score (nSPS) is 10.7. The van der Waals surface area contributed by atoms with E-state index >= 15 is 0 Å². The van der Waals surface area contributed by atoms with Crippen LogP contribution >= 0.6 is 15.9 Å². The largest absolute Gasteiger partial charge is 0.399 e. The van der Waals surface area contributed by atoms with Crippen molar-refractivity contribution in [2.75, 3.05) is 11.1 Å². The molecule has 0 radical (unpaired) electrons. The summed E-state index contributed by atoms with van der Waals surface area (Å²) < 4.78 is 13.6. The number of aromatic nitrogens is 2. The van der Waals surface area contributed by atoms with Crippen LogP contribution < -0.4 is 11.1 Å². The fraction of sp³-hybridized carbons (Fsp3) is 0. The molecule has 3 aromatic rings. The summed E-state index contributed by atoms with van der Waals surface area (Å²) in [5.74, 6) is 0.313. The van der Waals surface area contributed by atoms with E-state index in [-0.39, 0.29) is 5.82 Å². The van der Waals surface area contributed by atoms with Gasteiger partial charge >= 0.3 is 0 Å². The number of hydrogen-bond acceptors (Lipinski definition) is 4. The van der Waals surface area contributed by atoms with Gasteiger partial charge in [-0.1, -0.05) is 0 Å². The summed E-state index contributed by atoms with van der Waals surface area (Å²) in [5, 5.41) is 3.95. The SMILES string of the molecule is Nc1ccc2ncnc(Nc3ccc(F)c(Br)c3)c2c1. The van der Waals surface area contributed by atoms with E-state index in [2.05, 4.69) is 31.2 Å². The molecular formula is C14H10BrFN4. The van der Waals surface area contributed by atoms with Crippen LogP contribution in [0.2, 0.25) is 0 Å². The Bertz CT molecular complexity index is 791. The van der Waals surface area contributed by atoms with Crippen molar-refractivity contribution in [3.8, 4) is 0 Å². The van der Waals surface area contributed by atoms with Gasteiger partial charge in [-0.25, -0.2) is 14.4 Å². The zero-order chi connectivity index (χ0) is 14.1. The van der Waals surface area contributed by atoms with Crippen LogP contribution in [0.15, 0.2) is 47.2 Å². The van der Waals surface area contributed by atoms with Gasteiger partial charge in [0.1, 0.15) is 18.0 Å². The topological polar surface area (TPSA) is 63.8 Å². The standard InChI is InChI=1S/C14H10BrFN4/c15-11-6-9(2-3-12(11)16)20-14-10-5-8(17)1-4-13(10)18-7-19-14/h1-7H,17H2,(H,18,19,20). The number of hydrogen-bond donors (Lipinski definition) is 2. The van der Waals surface area contributed by atoms with Crippen molar-refractivity contribution in [2.24, 2.45) is 0 Å². The second kappa shape index (κ2) is 5.05. The first-order valence-corrected chi connectivity index (χ1v) is 6.65. The summed E-state index contributed by atoms with van der Waals surface area (Å²) in [4.78, 5) is 8.39. The number of nitrogens with one attached hydrogen (secondary N) is 1. The molecule has 3 N–H and O–H groups in total. The van der Waals surface area contributed by atoms with Crippen molar-refractivity contribution in [2.45, 2.75) is 0 Å². The third-order valence-electron chi connectivity index (χ3n) is 2.84. The Morgan fingerprint density at radius 3 is 2.75 bits per heavy atom. The van der Waals surface area contributed by atoms with Crippen molar-refractivity contribution >= 4 is 44.0 Å². The van der Waals surface area contributed by atoms with Crippen molar-refractivity contribution in [3.63, 3.8) is 0 Å². The number of nitrogen functional groups attached to an aromatic ring is 1. The molecule has 0 bridgehead atoms. The zero-order valence-electron chi connectivity index (χ0n) is 10.3. The second-order valence-electron chi connectivity index (χ2n) is 4.25. The van der Waals surface area contributed by atoms with Crippen LogP contribution in [0.1, 0.15) is 0 Å². The molecule has 2 aromatic carbocycles. The van der Waals surface area contributed by atoms with E-state index in [1.165, 1.54) is 12.4 Å². The van der Waals surface area contributed by atoms with Crippen LogP contribution in [0.25, 0.3) is 10.9 Å². The first kappa shape index (κ1) is 12.8. The third-order valence-corrected chi connectivity index (χ3v) is 3.45. The van der Waals surface area contributed by atoms with Crippen molar-refractivity contribution < 1.29 is 4.39 Å². The molecular weight excluding hydrogens is 323 g/mol. The smallest absolute Gasteiger partial charge is 0.141 e. The van der Waals surface area contributed by atoms with Gasteiger partial charge < -0.3 is 11.1 Å². The Labute approximate surface area is 123 Å². The molecule has 1 heterocycles. The Morgan fingerprint density at radius 2 is 1.95 bits per heavy atom. The van der Waals surface area contributed by atoms with Crippen LogP contribution in [-0.4, -0.2) is 9.97 Å². The lowest BCUT2D eigenvalue weighted by Gasteiger charge is -2.09. The highest BCUT2D eigenvalue weighted by molar-refractivity contribution is 9.10. The predicted octanol–water partition coefficient (Wildman–Crippen LogP) is 3.86. The Kier molecular flexibility index (Phi) is 3.23. The fourth-order valence-electron chi connectivity index (χ4n) is 1.88. The minimum atomic E-state index is -0.313. The maximum Gasteiger partial charge on any atom is 0.141 e. The molecule has 0 aliphatic rings. The van der Waals surface area contributed by atoms with Gasteiger partial charge in [-0.3, -0.25) is 0 Å². The van der Waals surface area contributed by atoms with Crippen LogP contribution in [0.3, 0.4) is 0 Å². The molecule has 0 fully saturated rings. The molecule has 0 amide bonds. The van der Waals surface area contributed by atoms with E-state index in [1.807, 2.05) is 6.07 Å². The van der Waals surface area contributed by atoms with E-state index in [4.69, 9.17) is 5.73 Å². The second-order valence-corrected chi connectivity index (χ2v) is 5.11. The molecule has 0 saturated heterocycles. The first-order valence-electron chi connectivity index (χ1n) is 5.86. The highest BCUT2D eigenvalue weighted by atomic mass is 79.9. The molecule has 20 heavy (non-hydrogen) atoms. The van der Waals surface area contributed by atoms with Gasteiger partial charge in [0.25, 0.3) is 0 Å². The number of rotatable bonds is 2. The Balaban J connectivity index is 2.05. The lowest BCUT2D eigenvalue weighted by Crippen LogP contribution is -1.97. The van der Waals surface area contributed by atoms with Crippen molar-refractivity contribution in [3.05, 3.63) is 53.0 Å². The van der Waals surface area contributed by atoms with Gasteiger partial charge in [0.2, 0.25) is 0 Å². The fourth-order valence-corrected chi connectivity index (χ4v) is 2.26. The predicted molar refractivity (Wildman–Crippen MR) is 81.3 cm³/mol. The molecule has 6 heteroatoms. The number of anilines is 3. The average Bonchev–Trinajstić information content (AvgIpc) is 2.44. The number of fused-ring (bicyclic) bond motifs is 1. The Morgan fingerprint density at radius 1 is 1.10 bits per heavy atom. The number of nitrogens with two attached hydrogens (primary N) is 1. The van der Waals surface area contributed by atoms with Crippen LogP contribution in [-0.2, 0) is 0 Å². The lowest BCUT2D eigenvalue weighted by molar-refractivity contribution is 0.621. The Hall–Kier alpha value is -2.21. The molecule has 1 aromatic heterocycles. The molecule has 3 rings (SSSR count). The molecule has 4 nitrogen and oxygen atoms in total. The minimum Gasteiger partial charge on any atom is -0.399 e. The maximum atomic E-state index is 13.2. The van der Waals surface area contributed by atoms with Gasteiger partial charge in [-0.2, -0.15) is 0 Å². The summed E-state index contributed by atoms with van der Waals surface area (Å²) in [6, 6.07) is 10.1. The summed E-state index contributed by atoms with van der Waals surface area (Å²) in [6.07, 6.45) is 1.47. The summed E-state index contributed by atoms with van der Waals surface area (Å²) >= 11 is 3.15. The molecule has 100 valence electrons. The van der Waals surface area contributed by atoms with E-state index in [9.17, 15) is 4.39 Å². The molecule has 0 aliphatic carbocycles. The maximum absolute atomic E-state index is 13.2. The van der Waals surface area contributed by atoms with E-state index in [1.54, 1.807) is 24.3 Å². The van der Waals surface area contributed by atoms with Crippen LogP contribution in [0, 0.1) is 5.82 Å². The van der Waals surface area contributed by atoms with Gasteiger partial charge in [0.15, 0.2) is 0 Å². The van der Waals surface area contributed by atoms with E-state index < -0.39 is 0 Å². The molecule has 0 saturated carbocycles. The molecule has 0 unspecified atom stereocenters. The zero-order valence-corrected chi connectivity index (χ0v) is 11.9. The minimum absolute atomic E-state index is 0.313. The molecule has 0 aliphatic heterocycles. The highest BCUT2D eigenvalue weighted by Gasteiger charge is 2.06.